The third-order valence-electron chi connectivity index (χ3n) is 3.14. The Kier molecular flexibility index (Phi) is 2.90. The van der Waals surface area contributed by atoms with Gasteiger partial charge in [0, 0.05) is 10.9 Å². The normalized spacial score (nSPS) is 14.3. The Morgan fingerprint density at radius 1 is 1.10 bits per heavy atom. The molecule has 1 aliphatic rings. The molecular weight excluding hydrogens is 271 g/mol. The highest BCUT2D eigenvalue weighted by Crippen LogP contribution is 2.37. The molecule has 3 nitrogen and oxygen atoms in total. The zero-order valence-corrected chi connectivity index (χ0v) is 10.3. The molecule has 20 heavy (non-hydrogen) atoms. The number of carbonyl (C=O) groups is 1. The maximum absolute atomic E-state index is 12.2. The van der Waals surface area contributed by atoms with Gasteiger partial charge in [-0.2, -0.15) is 13.2 Å². The van der Waals surface area contributed by atoms with Crippen molar-refractivity contribution in [2.24, 2.45) is 0 Å². The molecule has 0 saturated heterocycles. The van der Waals surface area contributed by atoms with Crippen LogP contribution in [0.3, 0.4) is 0 Å². The highest BCUT2D eigenvalue weighted by atomic mass is 19.4. The highest BCUT2D eigenvalue weighted by Gasteiger charge is 2.32. The summed E-state index contributed by atoms with van der Waals surface area (Å²) >= 11 is 0. The van der Waals surface area contributed by atoms with Crippen LogP contribution in [-0.4, -0.2) is 25.4 Å². The number of alkyl halides is 3. The number of nitrogens with zero attached hydrogens (tertiary/aromatic N) is 1. The zero-order valence-electron chi connectivity index (χ0n) is 10.3. The number of amides is 1. The Bertz CT molecular complexity index is 676. The molecule has 1 aliphatic heterocycles. The second-order valence-electron chi connectivity index (χ2n) is 4.51. The lowest BCUT2D eigenvalue weighted by Crippen LogP contribution is -2.31. The average Bonchev–Trinajstić information content (AvgIpc) is 2.66. The molecule has 1 amide bonds. The standard InChI is InChI=1S/C14H10F3NO2/c15-14(16,17)7-20-8-18-11-6-2-4-9-3-1-5-10(12(9)11)13(18)19/h1-6H,7-8H2. The fourth-order valence-electron chi connectivity index (χ4n) is 2.36. The first kappa shape index (κ1) is 12.9. The summed E-state index contributed by atoms with van der Waals surface area (Å²) in [5.74, 6) is -0.334. The van der Waals surface area contributed by atoms with Crippen molar-refractivity contribution >= 4 is 22.4 Å². The Morgan fingerprint density at radius 2 is 1.80 bits per heavy atom. The lowest BCUT2D eigenvalue weighted by molar-refractivity contribution is -0.173. The molecule has 0 unspecified atom stereocenters. The molecule has 2 aromatic rings. The van der Waals surface area contributed by atoms with Crippen molar-refractivity contribution < 1.29 is 22.7 Å². The van der Waals surface area contributed by atoms with Gasteiger partial charge in [-0.15, -0.1) is 0 Å². The lowest BCUT2D eigenvalue weighted by atomic mass is 10.1. The summed E-state index contributed by atoms with van der Waals surface area (Å²) in [6.45, 7) is -1.78. The van der Waals surface area contributed by atoms with E-state index in [2.05, 4.69) is 4.74 Å². The number of rotatable bonds is 3. The number of carbonyl (C=O) groups excluding carboxylic acids is 1. The fraction of sp³-hybridized carbons (Fsp3) is 0.214. The van der Waals surface area contributed by atoms with Gasteiger partial charge in [0.05, 0.1) is 5.69 Å². The number of halogens is 3. The molecule has 3 rings (SSSR count). The summed E-state index contributed by atoms with van der Waals surface area (Å²) in [5.41, 5.74) is 1.08. The van der Waals surface area contributed by atoms with E-state index in [0.29, 0.717) is 11.3 Å². The minimum Gasteiger partial charge on any atom is -0.351 e. The molecule has 1 heterocycles. The SMILES string of the molecule is O=C1c2cccc3cccc(c23)N1COCC(F)(F)F. The van der Waals surface area contributed by atoms with Crippen LogP contribution < -0.4 is 4.90 Å². The minimum atomic E-state index is -4.40. The molecule has 0 aromatic heterocycles. The summed E-state index contributed by atoms with van der Waals surface area (Å²) in [7, 11) is 0. The summed E-state index contributed by atoms with van der Waals surface area (Å²) in [6.07, 6.45) is -4.40. The first-order valence-corrected chi connectivity index (χ1v) is 5.95. The Labute approximate surface area is 112 Å². The number of hydrogen-bond acceptors (Lipinski definition) is 2. The van der Waals surface area contributed by atoms with E-state index in [9.17, 15) is 18.0 Å². The zero-order chi connectivity index (χ0) is 14.3. The van der Waals surface area contributed by atoms with E-state index in [0.717, 1.165) is 10.8 Å². The molecule has 0 saturated carbocycles. The summed E-state index contributed by atoms with van der Waals surface area (Å²) < 4.78 is 40.9. The molecule has 0 N–H and O–H groups in total. The van der Waals surface area contributed by atoms with Crippen molar-refractivity contribution in [2.45, 2.75) is 6.18 Å². The highest BCUT2D eigenvalue weighted by molar-refractivity contribution is 6.24. The van der Waals surface area contributed by atoms with Crippen molar-refractivity contribution in [3.05, 3.63) is 42.0 Å². The molecule has 0 radical (unpaired) electrons. The van der Waals surface area contributed by atoms with Crippen molar-refractivity contribution in [3.63, 3.8) is 0 Å². The average molecular weight is 281 g/mol. The van der Waals surface area contributed by atoms with E-state index in [-0.39, 0.29) is 5.91 Å². The largest absolute Gasteiger partial charge is 0.411 e. The van der Waals surface area contributed by atoms with E-state index in [1.54, 1.807) is 24.3 Å². The van der Waals surface area contributed by atoms with Crippen LogP contribution in [0.5, 0.6) is 0 Å². The molecular formula is C14H10F3NO2. The smallest absolute Gasteiger partial charge is 0.351 e. The van der Waals surface area contributed by atoms with Gasteiger partial charge in [0.1, 0.15) is 13.3 Å². The number of ether oxygens (including phenoxy) is 1. The quantitative estimate of drug-likeness (QED) is 0.863. The topological polar surface area (TPSA) is 29.5 Å². The predicted octanol–water partition coefficient (Wildman–Crippen LogP) is 3.34. The lowest BCUT2D eigenvalue weighted by Gasteiger charge is -2.18. The Hall–Kier alpha value is -2.08. The first-order valence-electron chi connectivity index (χ1n) is 5.95. The second-order valence-corrected chi connectivity index (χ2v) is 4.51. The van der Waals surface area contributed by atoms with Crippen LogP contribution in [-0.2, 0) is 4.74 Å². The maximum atomic E-state index is 12.2. The molecule has 0 fully saturated rings. The van der Waals surface area contributed by atoms with Gasteiger partial charge in [-0.3, -0.25) is 9.69 Å². The Balaban J connectivity index is 1.89. The molecule has 2 aromatic carbocycles. The summed E-state index contributed by atoms with van der Waals surface area (Å²) in [6, 6.07) is 10.6. The fourth-order valence-corrected chi connectivity index (χ4v) is 2.36. The molecule has 0 spiro atoms. The number of benzene rings is 2. The van der Waals surface area contributed by atoms with E-state index in [1.807, 2.05) is 12.1 Å². The maximum Gasteiger partial charge on any atom is 0.411 e. The minimum absolute atomic E-state index is 0.334. The third-order valence-corrected chi connectivity index (χ3v) is 3.14. The van der Waals surface area contributed by atoms with Gasteiger partial charge in [0.2, 0.25) is 0 Å². The number of hydrogen-bond donors (Lipinski definition) is 0. The van der Waals surface area contributed by atoms with Crippen LogP contribution in [0, 0.1) is 0 Å². The molecule has 0 atom stereocenters. The van der Waals surface area contributed by atoms with Gasteiger partial charge < -0.3 is 4.74 Å². The third kappa shape index (κ3) is 2.12. The van der Waals surface area contributed by atoms with Crippen molar-refractivity contribution in [3.8, 4) is 0 Å². The predicted molar refractivity (Wildman–Crippen MR) is 67.6 cm³/mol. The van der Waals surface area contributed by atoms with E-state index in [4.69, 9.17) is 0 Å². The van der Waals surface area contributed by atoms with Crippen molar-refractivity contribution in [1.82, 2.24) is 0 Å². The molecule has 0 aliphatic carbocycles. The van der Waals surface area contributed by atoms with Crippen LogP contribution in [0.4, 0.5) is 18.9 Å². The molecule has 0 bridgehead atoms. The van der Waals surface area contributed by atoms with Crippen LogP contribution in [0.15, 0.2) is 36.4 Å². The number of anilines is 1. The van der Waals surface area contributed by atoms with Crippen molar-refractivity contribution in [1.29, 1.82) is 0 Å². The van der Waals surface area contributed by atoms with Gasteiger partial charge in [-0.05, 0) is 17.5 Å². The van der Waals surface area contributed by atoms with Crippen LogP contribution in [0.25, 0.3) is 10.8 Å². The summed E-state index contributed by atoms with van der Waals surface area (Å²) in [4.78, 5) is 13.4. The van der Waals surface area contributed by atoms with Gasteiger partial charge in [-0.25, -0.2) is 0 Å². The van der Waals surface area contributed by atoms with Gasteiger partial charge >= 0.3 is 6.18 Å². The van der Waals surface area contributed by atoms with Gasteiger partial charge in [0.25, 0.3) is 5.91 Å². The molecule has 104 valence electrons. The molecule has 6 heteroatoms. The monoisotopic (exact) mass is 281 g/mol. The van der Waals surface area contributed by atoms with Crippen molar-refractivity contribution in [2.75, 3.05) is 18.2 Å². The summed E-state index contributed by atoms with van der Waals surface area (Å²) in [5, 5.41) is 1.64. The van der Waals surface area contributed by atoms with Gasteiger partial charge in [-0.1, -0.05) is 24.3 Å². The van der Waals surface area contributed by atoms with Crippen LogP contribution >= 0.6 is 0 Å². The van der Waals surface area contributed by atoms with Crippen LogP contribution in [0.1, 0.15) is 10.4 Å². The van der Waals surface area contributed by atoms with E-state index >= 15 is 0 Å². The first-order chi connectivity index (χ1) is 9.47. The van der Waals surface area contributed by atoms with E-state index in [1.165, 1.54) is 4.90 Å². The van der Waals surface area contributed by atoms with E-state index < -0.39 is 19.5 Å². The van der Waals surface area contributed by atoms with Crippen LogP contribution in [0.2, 0.25) is 0 Å². The van der Waals surface area contributed by atoms with Gasteiger partial charge in [0.15, 0.2) is 0 Å². The second kappa shape index (κ2) is 4.49. The Morgan fingerprint density at radius 3 is 2.50 bits per heavy atom.